The predicted molar refractivity (Wildman–Crippen MR) is 121 cm³/mol. The smallest absolute Gasteiger partial charge is 0.433 e. The molecule has 0 spiro atoms. The molecular weight excluding hydrogens is 576 g/mol. The number of ether oxygens (including phenoxy) is 1. The van der Waals surface area contributed by atoms with Crippen molar-refractivity contribution in [3.8, 4) is 0 Å². The molecule has 0 bridgehead atoms. The van der Waals surface area contributed by atoms with Gasteiger partial charge in [-0.2, -0.15) is 52.7 Å². The zero-order valence-corrected chi connectivity index (χ0v) is 21.9. The molecule has 1 aliphatic heterocycles. The molecule has 1 saturated heterocycles. The second kappa shape index (κ2) is 13.9. The third kappa shape index (κ3) is 10.1. The number of pyridine rings is 2. The summed E-state index contributed by atoms with van der Waals surface area (Å²) in [6.07, 6.45) is -22.0. The molecule has 0 aliphatic carbocycles. The van der Waals surface area contributed by atoms with Crippen LogP contribution in [0.4, 0.5) is 52.7 Å². The van der Waals surface area contributed by atoms with Gasteiger partial charge in [-0.1, -0.05) is 48.0 Å². The van der Waals surface area contributed by atoms with E-state index in [1.807, 2.05) is 27.7 Å². The SMILES string of the molecule is CC.CC.CCC.O/C(=C1\OC1c1cc(C(F)(F)F)nc(C(F)(F)F)c1)c1cc(C(F)(F)F)nc(C(F)(F)F)c1. The average Bonchev–Trinajstić information content (AvgIpc) is 3.65. The number of epoxide rings is 1. The van der Waals surface area contributed by atoms with Crippen molar-refractivity contribution in [3.63, 3.8) is 0 Å². The van der Waals surface area contributed by atoms with Crippen LogP contribution in [0.3, 0.4) is 0 Å². The Labute approximate surface area is 221 Å². The van der Waals surface area contributed by atoms with Gasteiger partial charge >= 0.3 is 24.7 Å². The van der Waals surface area contributed by atoms with Crippen LogP contribution >= 0.6 is 0 Å². The van der Waals surface area contributed by atoms with Crippen LogP contribution in [0.25, 0.3) is 5.76 Å². The summed E-state index contributed by atoms with van der Waals surface area (Å²) in [5.74, 6) is -2.22. The highest BCUT2D eigenvalue weighted by Crippen LogP contribution is 2.49. The Balaban J connectivity index is 0.00000199. The van der Waals surface area contributed by atoms with E-state index in [-0.39, 0.29) is 24.3 Å². The Kier molecular flexibility index (Phi) is 12.8. The number of aliphatic hydroxyl groups excluding tert-OH is 1. The molecule has 3 rings (SSSR count). The highest BCUT2D eigenvalue weighted by atomic mass is 19.4. The lowest BCUT2D eigenvalue weighted by Gasteiger charge is -2.12. The molecule has 16 heteroatoms. The fourth-order valence-corrected chi connectivity index (χ4v) is 2.59. The molecule has 3 heterocycles. The second-order valence-corrected chi connectivity index (χ2v) is 7.21. The normalized spacial score (nSPS) is 16.2. The summed E-state index contributed by atoms with van der Waals surface area (Å²) in [7, 11) is 0. The van der Waals surface area contributed by atoms with Crippen molar-refractivity contribution in [2.75, 3.05) is 0 Å². The van der Waals surface area contributed by atoms with Crippen LogP contribution in [0.5, 0.6) is 0 Å². The van der Waals surface area contributed by atoms with E-state index >= 15 is 0 Å². The van der Waals surface area contributed by atoms with Crippen LogP contribution in [0.2, 0.25) is 0 Å². The van der Waals surface area contributed by atoms with Gasteiger partial charge in [0.05, 0.1) is 0 Å². The summed E-state index contributed by atoms with van der Waals surface area (Å²) >= 11 is 0. The molecule has 40 heavy (non-hydrogen) atoms. The first-order valence-corrected chi connectivity index (χ1v) is 11.6. The van der Waals surface area contributed by atoms with Gasteiger partial charge in [0.15, 0.2) is 17.6 Å². The van der Waals surface area contributed by atoms with E-state index in [4.69, 9.17) is 0 Å². The summed E-state index contributed by atoms with van der Waals surface area (Å²) in [5, 5.41) is 10.1. The van der Waals surface area contributed by atoms with E-state index in [0.717, 1.165) is 0 Å². The fourth-order valence-electron chi connectivity index (χ4n) is 2.59. The standard InChI is InChI=1S/C17H6F12N2O2.C3H8.2C2H6/c18-14(19,20)7-1-5(2-8(30-7)15(21,22)23)11(32)13-12(33-13)6-3-9(16(24,25)26)31-10(4-6)17(27,28)29;1-3-2;2*1-2/h1-4,12,32H;3H2,1-2H3;2*1-2H3/b13-11-;;;. The molecule has 2 aromatic rings. The van der Waals surface area contributed by atoms with Crippen LogP contribution in [-0.2, 0) is 29.4 Å². The first kappa shape index (κ1) is 36.8. The molecule has 1 fully saturated rings. The van der Waals surface area contributed by atoms with Crippen molar-refractivity contribution in [2.24, 2.45) is 0 Å². The quantitative estimate of drug-likeness (QED) is 0.211. The van der Waals surface area contributed by atoms with E-state index in [1.54, 1.807) is 0 Å². The van der Waals surface area contributed by atoms with Crippen molar-refractivity contribution in [3.05, 3.63) is 63.9 Å². The van der Waals surface area contributed by atoms with Gasteiger partial charge in [-0.3, -0.25) is 0 Å². The van der Waals surface area contributed by atoms with Crippen molar-refractivity contribution >= 4 is 5.76 Å². The number of aliphatic hydroxyl groups is 1. The molecule has 0 aromatic carbocycles. The Morgan fingerprint density at radius 1 is 0.650 bits per heavy atom. The maximum Gasteiger partial charge on any atom is 0.433 e. The largest absolute Gasteiger partial charge is 0.504 e. The monoisotopic (exact) mass is 602 g/mol. The minimum Gasteiger partial charge on any atom is -0.504 e. The molecule has 0 amide bonds. The molecule has 0 radical (unpaired) electrons. The summed E-state index contributed by atoms with van der Waals surface area (Å²) in [4.78, 5) is 4.86. The van der Waals surface area contributed by atoms with Crippen LogP contribution in [0, 0.1) is 0 Å². The Hall–Kier alpha value is -3.20. The minimum absolute atomic E-state index is 0.00511. The number of rotatable bonds is 2. The van der Waals surface area contributed by atoms with E-state index in [2.05, 4.69) is 28.6 Å². The zero-order valence-electron chi connectivity index (χ0n) is 21.9. The van der Waals surface area contributed by atoms with Crippen LogP contribution < -0.4 is 0 Å². The number of nitrogens with zero attached hydrogens (tertiary/aromatic N) is 2. The molecule has 228 valence electrons. The number of hydrogen-bond acceptors (Lipinski definition) is 4. The Morgan fingerprint density at radius 3 is 1.20 bits per heavy atom. The van der Waals surface area contributed by atoms with E-state index < -0.39 is 76.2 Å². The van der Waals surface area contributed by atoms with Gasteiger partial charge < -0.3 is 9.84 Å². The van der Waals surface area contributed by atoms with E-state index in [0.29, 0.717) is 0 Å². The third-order valence-electron chi connectivity index (χ3n) is 4.07. The van der Waals surface area contributed by atoms with Crippen molar-refractivity contribution < 1.29 is 62.5 Å². The molecule has 0 saturated carbocycles. The summed E-state index contributed by atoms with van der Waals surface area (Å²) in [6, 6.07) is 0.278. The van der Waals surface area contributed by atoms with Gasteiger partial charge in [0.25, 0.3) is 0 Å². The Morgan fingerprint density at radius 2 is 0.925 bits per heavy atom. The lowest BCUT2D eigenvalue weighted by Crippen LogP contribution is -2.16. The van der Waals surface area contributed by atoms with Gasteiger partial charge in [0.1, 0.15) is 22.8 Å². The van der Waals surface area contributed by atoms with Gasteiger partial charge in [-0.15, -0.1) is 0 Å². The topological polar surface area (TPSA) is 58.5 Å². The lowest BCUT2D eigenvalue weighted by molar-refractivity contribution is -0.151. The number of hydrogen-bond donors (Lipinski definition) is 1. The molecule has 1 N–H and O–H groups in total. The number of aromatic nitrogens is 2. The molecule has 1 unspecified atom stereocenters. The molecule has 4 nitrogen and oxygen atoms in total. The Bertz CT molecular complexity index is 1070. The summed E-state index contributed by atoms with van der Waals surface area (Å²) < 4.78 is 159. The number of halogens is 12. The zero-order chi connectivity index (χ0) is 31.9. The predicted octanol–water partition coefficient (Wildman–Crippen LogP) is 10.0. The molecule has 1 atom stereocenters. The van der Waals surface area contributed by atoms with Crippen LogP contribution in [-0.4, -0.2) is 15.1 Å². The summed E-state index contributed by atoms with van der Waals surface area (Å²) in [5.41, 5.74) is -10.0. The lowest BCUT2D eigenvalue weighted by atomic mass is 10.1. The maximum absolute atomic E-state index is 12.9. The first-order valence-electron chi connectivity index (χ1n) is 11.6. The second-order valence-electron chi connectivity index (χ2n) is 7.21. The van der Waals surface area contributed by atoms with Gasteiger partial charge in [-0.25, -0.2) is 9.97 Å². The van der Waals surface area contributed by atoms with Gasteiger partial charge in [-0.05, 0) is 24.3 Å². The minimum atomic E-state index is -5.38. The van der Waals surface area contributed by atoms with Crippen LogP contribution in [0.15, 0.2) is 30.0 Å². The molecule has 2 aromatic heterocycles. The van der Waals surface area contributed by atoms with E-state index in [1.165, 1.54) is 6.42 Å². The highest BCUT2D eigenvalue weighted by molar-refractivity contribution is 5.65. The van der Waals surface area contributed by atoms with Crippen LogP contribution in [0.1, 0.15) is 88.0 Å². The number of alkyl halides is 12. The van der Waals surface area contributed by atoms with E-state index in [9.17, 15) is 57.8 Å². The average molecular weight is 602 g/mol. The van der Waals surface area contributed by atoms with Gasteiger partial charge in [0, 0.05) is 11.1 Å². The maximum atomic E-state index is 12.9. The molecule has 1 aliphatic rings. The van der Waals surface area contributed by atoms with Crippen molar-refractivity contribution in [1.29, 1.82) is 0 Å². The third-order valence-corrected chi connectivity index (χ3v) is 4.07. The van der Waals surface area contributed by atoms with Gasteiger partial charge in [0.2, 0.25) is 0 Å². The van der Waals surface area contributed by atoms with Crippen molar-refractivity contribution in [2.45, 2.75) is 78.8 Å². The molecular formula is C24H26F12N2O2. The van der Waals surface area contributed by atoms with Crippen molar-refractivity contribution in [1.82, 2.24) is 9.97 Å². The first-order chi connectivity index (χ1) is 18.2. The fraction of sp³-hybridized carbons (Fsp3) is 0.500. The highest BCUT2D eigenvalue weighted by Gasteiger charge is 2.45. The summed E-state index contributed by atoms with van der Waals surface area (Å²) in [6.45, 7) is 12.2.